The first-order valence-corrected chi connectivity index (χ1v) is 6.95. The molecule has 0 amide bonds. The lowest BCUT2D eigenvalue weighted by Gasteiger charge is -2.13. The second-order valence-corrected chi connectivity index (χ2v) is 5.83. The molecule has 1 aromatic carbocycles. The molecular formula is C12H11BrF2N2S. The van der Waals surface area contributed by atoms with Gasteiger partial charge in [0.15, 0.2) is 0 Å². The van der Waals surface area contributed by atoms with Crippen LogP contribution < -0.4 is 5.73 Å². The average molecular weight is 333 g/mol. The lowest BCUT2D eigenvalue weighted by atomic mass is 10.0. The summed E-state index contributed by atoms with van der Waals surface area (Å²) in [5.41, 5.74) is 6.66. The number of hydrogen-bond donors (Lipinski definition) is 1. The summed E-state index contributed by atoms with van der Waals surface area (Å²) in [5, 5.41) is 2.66. The molecule has 1 aromatic heterocycles. The summed E-state index contributed by atoms with van der Waals surface area (Å²) < 4.78 is 27.8. The highest BCUT2D eigenvalue weighted by Crippen LogP contribution is 2.26. The van der Waals surface area contributed by atoms with Gasteiger partial charge in [-0.25, -0.2) is 13.8 Å². The van der Waals surface area contributed by atoms with Crippen LogP contribution in [0.2, 0.25) is 0 Å². The fourth-order valence-corrected chi connectivity index (χ4v) is 2.93. The third-order valence-corrected chi connectivity index (χ3v) is 3.92. The summed E-state index contributed by atoms with van der Waals surface area (Å²) in [5.74, 6) is -1.27. The van der Waals surface area contributed by atoms with Gasteiger partial charge in [-0.2, -0.15) is 0 Å². The molecule has 0 radical (unpaired) electrons. The SMILES string of the molecule is Cc1csc(CC(N)c2c(F)cc(Br)cc2F)n1. The van der Waals surface area contributed by atoms with Crippen molar-refractivity contribution in [2.24, 2.45) is 5.73 Å². The van der Waals surface area contributed by atoms with Gasteiger partial charge in [-0.05, 0) is 19.1 Å². The molecule has 2 nitrogen and oxygen atoms in total. The van der Waals surface area contributed by atoms with Crippen molar-refractivity contribution >= 4 is 27.3 Å². The minimum absolute atomic E-state index is 0.0916. The van der Waals surface area contributed by atoms with Crippen molar-refractivity contribution in [2.45, 2.75) is 19.4 Å². The average Bonchev–Trinajstić information content (AvgIpc) is 2.62. The van der Waals surface area contributed by atoms with Crippen molar-refractivity contribution in [3.05, 3.63) is 49.9 Å². The van der Waals surface area contributed by atoms with E-state index < -0.39 is 17.7 Å². The van der Waals surface area contributed by atoms with Gasteiger partial charge in [-0.3, -0.25) is 0 Å². The second kappa shape index (κ2) is 5.42. The molecule has 1 unspecified atom stereocenters. The number of benzene rings is 1. The van der Waals surface area contributed by atoms with E-state index >= 15 is 0 Å². The van der Waals surface area contributed by atoms with E-state index in [0.717, 1.165) is 10.7 Å². The molecule has 0 aliphatic carbocycles. The van der Waals surface area contributed by atoms with E-state index in [1.807, 2.05) is 12.3 Å². The predicted molar refractivity (Wildman–Crippen MR) is 71.5 cm³/mol. The van der Waals surface area contributed by atoms with Gasteiger partial charge in [0.1, 0.15) is 11.6 Å². The van der Waals surface area contributed by atoms with Crippen LogP contribution in [0, 0.1) is 18.6 Å². The molecule has 0 saturated carbocycles. The number of nitrogens with zero attached hydrogens (tertiary/aromatic N) is 1. The van der Waals surface area contributed by atoms with Crippen LogP contribution in [0.1, 0.15) is 22.3 Å². The highest BCUT2D eigenvalue weighted by molar-refractivity contribution is 9.10. The molecule has 1 heterocycles. The Hall–Kier alpha value is -0.850. The first-order valence-electron chi connectivity index (χ1n) is 5.28. The second-order valence-electron chi connectivity index (χ2n) is 3.98. The van der Waals surface area contributed by atoms with Crippen LogP contribution in [0.3, 0.4) is 0 Å². The van der Waals surface area contributed by atoms with Gasteiger partial charge < -0.3 is 5.73 Å². The lowest BCUT2D eigenvalue weighted by molar-refractivity contribution is 0.523. The van der Waals surface area contributed by atoms with Crippen molar-refractivity contribution in [1.82, 2.24) is 4.98 Å². The Balaban J connectivity index is 2.26. The number of nitrogens with two attached hydrogens (primary N) is 1. The van der Waals surface area contributed by atoms with Crippen LogP contribution in [0.25, 0.3) is 0 Å². The van der Waals surface area contributed by atoms with Crippen molar-refractivity contribution in [3.63, 3.8) is 0 Å². The standard InChI is InChI=1S/C12H11BrF2N2S/c1-6-5-18-11(17-6)4-10(16)12-8(14)2-7(13)3-9(12)15/h2-3,5,10H,4,16H2,1H3. The Kier molecular flexibility index (Phi) is 4.09. The summed E-state index contributed by atoms with van der Waals surface area (Å²) in [6, 6.07) is 1.69. The third kappa shape index (κ3) is 2.93. The van der Waals surface area contributed by atoms with E-state index in [1.165, 1.54) is 23.5 Å². The Morgan fingerprint density at radius 1 is 1.39 bits per heavy atom. The first kappa shape index (κ1) is 13.6. The molecule has 0 saturated heterocycles. The smallest absolute Gasteiger partial charge is 0.132 e. The number of halogens is 3. The molecule has 1 atom stereocenters. The van der Waals surface area contributed by atoms with Crippen LogP contribution in [-0.4, -0.2) is 4.98 Å². The monoisotopic (exact) mass is 332 g/mol. The number of rotatable bonds is 3. The molecule has 2 aromatic rings. The zero-order valence-corrected chi connectivity index (χ0v) is 12.0. The van der Waals surface area contributed by atoms with Crippen LogP contribution in [0.15, 0.2) is 22.0 Å². The van der Waals surface area contributed by atoms with Crippen LogP contribution in [-0.2, 0) is 6.42 Å². The molecule has 0 aliphatic rings. The zero-order chi connectivity index (χ0) is 13.3. The molecule has 2 rings (SSSR count). The van der Waals surface area contributed by atoms with E-state index in [0.29, 0.717) is 10.9 Å². The third-order valence-electron chi connectivity index (χ3n) is 2.48. The number of thiazole rings is 1. The van der Waals surface area contributed by atoms with Gasteiger partial charge in [0.2, 0.25) is 0 Å². The maximum Gasteiger partial charge on any atom is 0.132 e. The normalized spacial score (nSPS) is 12.7. The lowest BCUT2D eigenvalue weighted by Crippen LogP contribution is -2.17. The minimum Gasteiger partial charge on any atom is -0.323 e. The van der Waals surface area contributed by atoms with Gasteiger partial charge in [0.25, 0.3) is 0 Å². The Morgan fingerprint density at radius 3 is 2.50 bits per heavy atom. The molecule has 0 spiro atoms. The summed E-state index contributed by atoms with van der Waals surface area (Å²) >= 11 is 4.48. The highest BCUT2D eigenvalue weighted by atomic mass is 79.9. The van der Waals surface area contributed by atoms with Gasteiger partial charge >= 0.3 is 0 Å². The molecule has 96 valence electrons. The van der Waals surface area contributed by atoms with E-state index in [2.05, 4.69) is 20.9 Å². The van der Waals surface area contributed by atoms with Crippen LogP contribution in [0.5, 0.6) is 0 Å². The van der Waals surface area contributed by atoms with E-state index in [9.17, 15) is 8.78 Å². The van der Waals surface area contributed by atoms with Gasteiger partial charge in [-0.1, -0.05) is 15.9 Å². The van der Waals surface area contributed by atoms with E-state index in [-0.39, 0.29) is 5.56 Å². The Morgan fingerprint density at radius 2 is 2.00 bits per heavy atom. The fraction of sp³-hybridized carbons (Fsp3) is 0.250. The number of hydrogen-bond acceptors (Lipinski definition) is 3. The Bertz CT molecular complexity index is 548. The molecule has 18 heavy (non-hydrogen) atoms. The summed E-state index contributed by atoms with van der Waals surface area (Å²) in [4.78, 5) is 4.24. The van der Waals surface area contributed by atoms with Crippen LogP contribution >= 0.6 is 27.3 Å². The summed E-state index contributed by atoms with van der Waals surface area (Å²) in [6.07, 6.45) is 0.327. The van der Waals surface area contributed by atoms with E-state index in [4.69, 9.17) is 5.73 Å². The van der Waals surface area contributed by atoms with Gasteiger partial charge in [0, 0.05) is 33.6 Å². The molecule has 0 bridgehead atoms. The van der Waals surface area contributed by atoms with Crippen molar-refractivity contribution < 1.29 is 8.78 Å². The van der Waals surface area contributed by atoms with Crippen molar-refractivity contribution in [1.29, 1.82) is 0 Å². The zero-order valence-electron chi connectivity index (χ0n) is 9.58. The van der Waals surface area contributed by atoms with Gasteiger partial charge in [-0.15, -0.1) is 11.3 Å². The molecule has 2 N–H and O–H groups in total. The largest absolute Gasteiger partial charge is 0.323 e. The maximum atomic E-state index is 13.7. The summed E-state index contributed by atoms with van der Waals surface area (Å²) in [7, 11) is 0. The first-order chi connectivity index (χ1) is 8.47. The molecular weight excluding hydrogens is 322 g/mol. The van der Waals surface area contributed by atoms with E-state index in [1.54, 1.807) is 0 Å². The minimum atomic E-state index is -0.733. The Labute approximate surface area is 116 Å². The molecule has 6 heteroatoms. The summed E-state index contributed by atoms with van der Waals surface area (Å²) in [6.45, 7) is 1.87. The molecule has 0 aliphatic heterocycles. The predicted octanol–water partition coefficient (Wildman–Crippen LogP) is 3.73. The topological polar surface area (TPSA) is 38.9 Å². The van der Waals surface area contributed by atoms with Gasteiger partial charge in [0.05, 0.1) is 5.01 Å². The highest BCUT2D eigenvalue weighted by Gasteiger charge is 2.19. The quantitative estimate of drug-likeness (QED) is 0.929. The molecule has 0 fully saturated rings. The maximum absolute atomic E-state index is 13.7. The van der Waals surface area contributed by atoms with Crippen molar-refractivity contribution in [2.75, 3.05) is 0 Å². The number of aromatic nitrogens is 1. The fourth-order valence-electron chi connectivity index (χ4n) is 1.69. The van der Waals surface area contributed by atoms with Crippen molar-refractivity contribution in [3.8, 4) is 0 Å². The number of aryl methyl sites for hydroxylation is 1. The van der Waals surface area contributed by atoms with Crippen LogP contribution in [0.4, 0.5) is 8.78 Å².